The van der Waals surface area contributed by atoms with Gasteiger partial charge in [0.1, 0.15) is 11.5 Å². The molecule has 0 N–H and O–H groups in total. The second-order valence-electron chi connectivity index (χ2n) is 11.4. The molecule has 0 aliphatic heterocycles. The minimum Gasteiger partial charge on any atom is -0.327 e. The maximum Gasteiger partial charge on any atom is 0.264 e. The molecule has 10 rings (SSSR count). The Morgan fingerprint density at radius 2 is 1.14 bits per heavy atom. The molecule has 0 amide bonds. The lowest BCUT2D eigenvalue weighted by Gasteiger charge is -2.19. The molecule has 3 aromatic heterocycles. The molecule has 0 unspecified atom stereocenters. The van der Waals surface area contributed by atoms with Gasteiger partial charge in [-0.15, -0.1) is 0 Å². The van der Waals surface area contributed by atoms with Gasteiger partial charge in [0.2, 0.25) is 0 Å². The number of nitrogens with zero attached hydrogens (tertiary/aromatic N) is 4. The molecule has 0 atom stereocenters. The van der Waals surface area contributed by atoms with E-state index >= 15 is 0 Å². The van der Waals surface area contributed by atoms with Crippen molar-refractivity contribution >= 4 is 87.9 Å². The average Bonchev–Trinajstić information content (AvgIpc) is 3.60. The standard InChI is InChI=1S/C37H20N4O2/c1-40-29-8-4-2-6-27(29)38-35(40)24-15-12-21-23-14-17-26-34-25(36-39-28-7-3-5-9-30(28)41(36)37(26)43)16-13-22(33(23)34)20-11-10-19(18-42)31(24)32(20)21/h2-18H,1H3. The number of rotatable bonds is 2. The van der Waals surface area contributed by atoms with Crippen LogP contribution in [0, 0.1) is 0 Å². The van der Waals surface area contributed by atoms with Crippen LogP contribution in [0.1, 0.15) is 10.4 Å². The zero-order valence-electron chi connectivity index (χ0n) is 22.9. The Morgan fingerprint density at radius 1 is 0.581 bits per heavy atom. The van der Waals surface area contributed by atoms with E-state index in [9.17, 15) is 9.59 Å². The van der Waals surface area contributed by atoms with Crippen LogP contribution >= 0.6 is 0 Å². The summed E-state index contributed by atoms with van der Waals surface area (Å²) in [5, 5.41) is 9.69. The first-order valence-electron chi connectivity index (χ1n) is 14.2. The second kappa shape index (κ2) is 7.69. The van der Waals surface area contributed by atoms with E-state index in [2.05, 4.69) is 41.0 Å². The molecule has 6 nitrogen and oxygen atoms in total. The maximum absolute atomic E-state index is 14.0. The molecular formula is C37H20N4O2. The number of imidazole rings is 2. The number of aromatic nitrogens is 4. The minimum absolute atomic E-state index is 0.0654. The maximum atomic E-state index is 14.0. The summed E-state index contributed by atoms with van der Waals surface area (Å²) >= 11 is 0. The van der Waals surface area contributed by atoms with Crippen molar-refractivity contribution in [2.24, 2.45) is 7.05 Å². The first-order valence-corrected chi connectivity index (χ1v) is 14.2. The van der Waals surface area contributed by atoms with Crippen molar-refractivity contribution < 1.29 is 4.79 Å². The highest BCUT2D eigenvalue weighted by molar-refractivity contribution is 6.39. The lowest BCUT2D eigenvalue weighted by atomic mass is 9.85. The van der Waals surface area contributed by atoms with Gasteiger partial charge in [-0.05, 0) is 74.8 Å². The van der Waals surface area contributed by atoms with Crippen LogP contribution in [0.2, 0.25) is 0 Å². The molecule has 6 heteroatoms. The quantitative estimate of drug-likeness (QED) is 0.124. The van der Waals surface area contributed by atoms with Gasteiger partial charge in [-0.3, -0.25) is 14.0 Å². The predicted octanol–water partition coefficient (Wildman–Crippen LogP) is 7.86. The van der Waals surface area contributed by atoms with Gasteiger partial charge in [-0.2, -0.15) is 0 Å². The lowest BCUT2D eigenvalue weighted by Crippen LogP contribution is -2.13. The Hall–Kier alpha value is -5.88. The summed E-state index contributed by atoms with van der Waals surface area (Å²) in [5.41, 5.74) is 5.71. The SMILES string of the molecule is Cn1c(-c2ccc3c4ccc5c(=O)n6c7ccccc7nc6c6ccc(c7ccc(C=O)c2c37)c4c56)nc2ccccc21. The molecular weight excluding hydrogens is 532 g/mol. The van der Waals surface area contributed by atoms with Gasteiger partial charge in [0.05, 0.1) is 22.1 Å². The molecule has 0 radical (unpaired) electrons. The number of hydrogen-bond acceptors (Lipinski definition) is 4. The highest BCUT2D eigenvalue weighted by Gasteiger charge is 2.23. The monoisotopic (exact) mass is 552 g/mol. The number of para-hydroxylation sites is 4. The first-order chi connectivity index (χ1) is 21.1. The van der Waals surface area contributed by atoms with Crippen LogP contribution in [-0.4, -0.2) is 25.2 Å². The normalized spacial score (nSPS) is 12.5. The molecule has 0 fully saturated rings. The third-order valence-corrected chi connectivity index (χ3v) is 9.32. The van der Waals surface area contributed by atoms with Crippen LogP contribution in [0.15, 0.2) is 102 Å². The number of hydrogen-bond donors (Lipinski definition) is 0. The van der Waals surface area contributed by atoms with Crippen molar-refractivity contribution in [3.63, 3.8) is 0 Å². The molecule has 0 aliphatic carbocycles. The molecule has 0 aliphatic rings. The summed E-state index contributed by atoms with van der Waals surface area (Å²) in [5.74, 6) is 0.813. The van der Waals surface area contributed by atoms with Gasteiger partial charge in [-0.25, -0.2) is 9.97 Å². The number of fused-ring (bicyclic) bond motifs is 7. The Balaban J connectivity index is 1.42. The Morgan fingerprint density at radius 3 is 1.86 bits per heavy atom. The zero-order chi connectivity index (χ0) is 28.6. The molecule has 3 heterocycles. The fraction of sp³-hybridized carbons (Fsp3) is 0.0270. The smallest absolute Gasteiger partial charge is 0.264 e. The molecule has 0 bridgehead atoms. The van der Waals surface area contributed by atoms with Gasteiger partial charge in [0, 0.05) is 39.7 Å². The first kappa shape index (κ1) is 22.8. The summed E-state index contributed by atoms with van der Waals surface area (Å²) in [4.78, 5) is 36.4. The van der Waals surface area contributed by atoms with E-state index in [1.165, 1.54) is 0 Å². The summed E-state index contributed by atoms with van der Waals surface area (Å²) in [6, 6.07) is 32.3. The molecule has 0 spiro atoms. The molecule has 0 saturated heterocycles. The number of carbonyl (C=O) groups excluding carboxylic acids is 1. The molecule has 43 heavy (non-hydrogen) atoms. The van der Waals surface area contributed by atoms with E-state index in [1.54, 1.807) is 4.40 Å². The fourth-order valence-corrected chi connectivity index (χ4v) is 7.48. The van der Waals surface area contributed by atoms with Gasteiger partial charge in [0.15, 0.2) is 6.29 Å². The summed E-state index contributed by atoms with van der Waals surface area (Å²) in [6.45, 7) is 0. The van der Waals surface area contributed by atoms with Crippen molar-refractivity contribution in [3.05, 3.63) is 113 Å². The second-order valence-corrected chi connectivity index (χ2v) is 11.4. The largest absolute Gasteiger partial charge is 0.327 e. The third kappa shape index (κ3) is 2.64. The Kier molecular flexibility index (Phi) is 4.07. The predicted molar refractivity (Wildman–Crippen MR) is 174 cm³/mol. The van der Waals surface area contributed by atoms with E-state index in [1.807, 2.05) is 67.7 Å². The van der Waals surface area contributed by atoms with Crippen molar-refractivity contribution in [3.8, 4) is 11.4 Å². The van der Waals surface area contributed by atoms with Crippen LogP contribution in [0.25, 0.3) is 93.0 Å². The Bertz CT molecular complexity index is 2880. The number of aldehydes is 1. The van der Waals surface area contributed by atoms with Crippen LogP contribution < -0.4 is 5.56 Å². The van der Waals surface area contributed by atoms with Gasteiger partial charge < -0.3 is 4.57 Å². The van der Waals surface area contributed by atoms with Gasteiger partial charge in [-0.1, -0.05) is 54.6 Å². The van der Waals surface area contributed by atoms with Crippen molar-refractivity contribution in [2.75, 3.05) is 0 Å². The van der Waals surface area contributed by atoms with Crippen molar-refractivity contribution in [1.82, 2.24) is 18.9 Å². The molecule has 200 valence electrons. The number of carbonyl (C=O) groups is 1. The van der Waals surface area contributed by atoms with Crippen LogP contribution in [-0.2, 0) is 7.05 Å². The highest BCUT2D eigenvalue weighted by atomic mass is 16.1. The van der Waals surface area contributed by atoms with Gasteiger partial charge in [0.25, 0.3) is 5.56 Å². The number of pyridine rings is 1. The van der Waals surface area contributed by atoms with Crippen LogP contribution in [0.5, 0.6) is 0 Å². The summed E-state index contributed by atoms with van der Waals surface area (Å²) < 4.78 is 3.83. The van der Waals surface area contributed by atoms with E-state index in [-0.39, 0.29) is 5.56 Å². The van der Waals surface area contributed by atoms with E-state index in [0.29, 0.717) is 16.6 Å². The average molecular weight is 553 g/mol. The molecule has 7 aromatic carbocycles. The summed E-state index contributed by atoms with van der Waals surface area (Å²) in [7, 11) is 2.02. The van der Waals surface area contributed by atoms with Crippen molar-refractivity contribution in [1.29, 1.82) is 0 Å². The van der Waals surface area contributed by atoms with E-state index in [0.717, 1.165) is 88.2 Å². The number of benzene rings is 7. The Labute approximate surface area is 242 Å². The van der Waals surface area contributed by atoms with E-state index in [4.69, 9.17) is 9.97 Å². The van der Waals surface area contributed by atoms with Crippen molar-refractivity contribution in [2.45, 2.75) is 0 Å². The summed E-state index contributed by atoms with van der Waals surface area (Å²) in [6.07, 6.45) is 0.938. The number of aryl methyl sites for hydroxylation is 1. The fourth-order valence-electron chi connectivity index (χ4n) is 7.48. The van der Waals surface area contributed by atoms with E-state index < -0.39 is 0 Å². The van der Waals surface area contributed by atoms with Crippen LogP contribution in [0.4, 0.5) is 0 Å². The van der Waals surface area contributed by atoms with Crippen LogP contribution in [0.3, 0.4) is 0 Å². The topological polar surface area (TPSA) is 69.3 Å². The molecule has 10 aromatic rings. The minimum atomic E-state index is -0.0654. The zero-order valence-corrected chi connectivity index (χ0v) is 22.9. The molecule has 0 saturated carbocycles. The van der Waals surface area contributed by atoms with Gasteiger partial charge >= 0.3 is 0 Å². The lowest BCUT2D eigenvalue weighted by molar-refractivity contribution is 0.112. The highest BCUT2D eigenvalue weighted by Crippen LogP contribution is 2.46. The third-order valence-electron chi connectivity index (χ3n) is 9.32.